The summed E-state index contributed by atoms with van der Waals surface area (Å²) in [5.41, 5.74) is 4.85. The first-order valence-corrected chi connectivity index (χ1v) is 10.3. The Morgan fingerprint density at radius 2 is 1.86 bits per heavy atom. The van der Waals surface area contributed by atoms with Crippen LogP contribution in [0.4, 0.5) is 5.69 Å². The number of ether oxygens (including phenoxy) is 1. The number of rotatable bonds is 3. The van der Waals surface area contributed by atoms with Gasteiger partial charge in [0.25, 0.3) is 5.91 Å². The van der Waals surface area contributed by atoms with Crippen molar-refractivity contribution in [1.29, 1.82) is 0 Å². The van der Waals surface area contributed by atoms with Gasteiger partial charge < -0.3 is 9.64 Å². The molecule has 0 bridgehead atoms. The van der Waals surface area contributed by atoms with Crippen LogP contribution in [0.1, 0.15) is 36.0 Å². The third-order valence-electron chi connectivity index (χ3n) is 6.20. The maximum atomic E-state index is 12.5. The number of likely N-dealkylation sites (tertiary alicyclic amines) is 1. The fraction of sp³-hybridized carbons (Fsp3) is 0.458. The van der Waals surface area contributed by atoms with Crippen LogP contribution in [0.25, 0.3) is 0 Å². The number of carbonyl (C=O) groups excluding carboxylic acids is 1. The van der Waals surface area contributed by atoms with Crippen molar-refractivity contribution in [3.63, 3.8) is 0 Å². The highest BCUT2D eigenvalue weighted by molar-refractivity contribution is 5.95. The Hall–Kier alpha value is -2.17. The Morgan fingerprint density at radius 3 is 2.64 bits per heavy atom. The maximum absolute atomic E-state index is 12.5. The zero-order valence-corrected chi connectivity index (χ0v) is 17.0. The zero-order valence-electron chi connectivity index (χ0n) is 17.0. The van der Waals surface area contributed by atoms with Crippen molar-refractivity contribution in [2.45, 2.75) is 45.3 Å². The largest absolute Gasteiger partial charge is 0.363 e. The van der Waals surface area contributed by atoms with E-state index in [1.165, 1.54) is 16.7 Å². The maximum Gasteiger partial charge on any atom is 0.253 e. The molecule has 4 nitrogen and oxygen atoms in total. The molecule has 2 aromatic rings. The predicted molar refractivity (Wildman–Crippen MR) is 113 cm³/mol. The van der Waals surface area contributed by atoms with Crippen LogP contribution >= 0.6 is 0 Å². The van der Waals surface area contributed by atoms with Gasteiger partial charge in [-0.25, -0.2) is 0 Å². The van der Waals surface area contributed by atoms with E-state index in [0.717, 1.165) is 44.6 Å². The number of carbonyl (C=O) groups is 1. The lowest BCUT2D eigenvalue weighted by molar-refractivity contribution is -0.140. The Bertz CT molecular complexity index is 836. The van der Waals surface area contributed by atoms with Gasteiger partial charge in [0.15, 0.2) is 0 Å². The van der Waals surface area contributed by atoms with E-state index in [1.807, 2.05) is 35.2 Å². The average Bonchev–Trinajstić information content (AvgIpc) is 2.89. The summed E-state index contributed by atoms with van der Waals surface area (Å²) in [5.74, 6) is 0.0632. The summed E-state index contributed by atoms with van der Waals surface area (Å²) in [5, 5.41) is 0. The number of hydrogen-bond donors (Lipinski definition) is 0. The Kier molecular flexibility index (Phi) is 5.51. The molecule has 4 rings (SSSR count). The number of hydrogen-bond acceptors (Lipinski definition) is 3. The highest BCUT2D eigenvalue weighted by atomic mass is 16.5. The summed E-state index contributed by atoms with van der Waals surface area (Å²) >= 11 is 0. The molecule has 0 radical (unpaired) electrons. The van der Waals surface area contributed by atoms with E-state index in [4.69, 9.17) is 4.74 Å². The van der Waals surface area contributed by atoms with Crippen LogP contribution in [-0.2, 0) is 16.1 Å². The smallest absolute Gasteiger partial charge is 0.253 e. The second-order valence-electron chi connectivity index (χ2n) is 8.35. The predicted octanol–water partition coefficient (Wildman–Crippen LogP) is 4.09. The molecule has 0 N–H and O–H groups in total. The Labute approximate surface area is 168 Å². The minimum atomic E-state index is -0.221. The van der Waals surface area contributed by atoms with Crippen molar-refractivity contribution in [2.75, 3.05) is 31.1 Å². The minimum Gasteiger partial charge on any atom is -0.363 e. The number of para-hydroxylation sites is 1. The van der Waals surface area contributed by atoms with E-state index < -0.39 is 0 Å². The molecule has 0 aromatic heterocycles. The number of morpholine rings is 1. The quantitative estimate of drug-likeness (QED) is 0.806. The van der Waals surface area contributed by atoms with Crippen LogP contribution in [0.5, 0.6) is 0 Å². The summed E-state index contributed by atoms with van der Waals surface area (Å²) in [7, 11) is 0. The molecule has 1 spiro atoms. The fourth-order valence-corrected chi connectivity index (χ4v) is 4.51. The van der Waals surface area contributed by atoms with E-state index in [0.29, 0.717) is 6.54 Å². The Balaban J connectivity index is 1.44. The molecule has 1 atom stereocenters. The standard InChI is InChI=1S/C24H30N2O2/c1-19-9-10-21(20(2)15-19)16-25-13-6-11-24(12-14-25)18-26(23(27)17-28-24)22-7-4-3-5-8-22/h3-5,7-10,15H,6,11-14,16-18H2,1-2H3. The van der Waals surface area contributed by atoms with Gasteiger partial charge >= 0.3 is 0 Å². The molecule has 2 aromatic carbocycles. The first kappa shape index (κ1) is 19.2. The lowest BCUT2D eigenvalue weighted by Gasteiger charge is -2.42. The first-order chi connectivity index (χ1) is 13.5. The highest BCUT2D eigenvalue weighted by Gasteiger charge is 2.41. The summed E-state index contributed by atoms with van der Waals surface area (Å²) in [6.45, 7) is 8.27. The van der Waals surface area contributed by atoms with Crippen molar-refractivity contribution in [3.8, 4) is 0 Å². The zero-order chi connectivity index (χ0) is 19.6. The first-order valence-electron chi connectivity index (χ1n) is 10.3. The van der Waals surface area contributed by atoms with E-state index in [2.05, 4.69) is 36.9 Å². The molecule has 2 heterocycles. The van der Waals surface area contributed by atoms with Crippen LogP contribution in [0.2, 0.25) is 0 Å². The van der Waals surface area contributed by atoms with Crippen molar-refractivity contribution in [1.82, 2.24) is 4.90 Å². The van der Waals surface area contributed by atoms with Gasteiger partial charge in [0.2, 0.25) is 0 Å². The number of anilines is 1. The molecule has 4 heteroatoms. The molecular weight excluding hydrogens is 348 g/mol. The lowest BCUT2D eigenvalue weighted by atomic mass is 9.92. The molecule has 148 valence electrons. The molecule has 2 saturated heterocycles. The topological polar surface area (TPSA) is 32.8 Å². The molecular formula is C24H30N2O2. The van der Waals surface area contributed by atoms with E-state index in [-0.39, 0.29) is 18.1 Å². The fourth-order valence-electron chi connectivity index (χ4n) is 4.51. The minimum absolute atomic E-state index is 0.0632. The lowest BCUT2D eigenvalue weighted by Crippen LogP contribution is -2.55. The van der Waals surface area contributed by atoms with Gasteiger partial charge in [0.1, 0.15) is 6.61 Å². The number of amides is 1. The van der Waals surface area contributed by atoms with Gasteiger partial charge in [-0.05, 0) is 62.9 Å². The SMILES string of the molecule is Cc1ccc(CN2CCCC3(CC2)CN(c2ccccc2)C(=O)CO3)c(C)c1. The normalized spacial score (nSPS) is 23.8. The van der Waals surface area contributed by atoms with Crippen molar-refractivity contribution >= 4 is 11.6 Å². The third kappa shape index (κ3) is 4.13. The van der Waals surface area contributed by atoms with Crippen molar-refractivity contribution in [2.24, 2.45) is 0 Å². The molecule has 2 aliphatic rings. The average molecular weight is 379 g/mol. The molecule has 28 heavy (non-hydrogen) atoms. The van der Waals surface area contributed by atoms with Gasteiger partial charge in [-0.2, -0.15) is 0 Å². The van der Waals surface area contributed by atoms with Crippen LogP contribution in [0, 0.1) is 13.8 Å². The van der Waals surface area contributed by atoms with Gasteiger partial charge in [0, 0.05) is 18.8 Å². The number of nitrogens with zero attached hydrogens (tertiary/aromatic N) is 2. The number of benzene rings is 2. The summed E-state index contributed by atoms with van der Waals surface area (Å²) < 4.78 is 6.17. The molecule has 2 fully saturated rings. The van der Waals surface area contributed by atoms with Gasteiger partial charge in [-0.15, -0.1) is 0 Å². The summed E-state index contributed by atoms with van der Waals surface area (Å²) in [6.07, 6.45) is 3.07. The molecule has 2 aliphatic heterocycles. The molecule has 1 unspecified atom stereocenters. The van der Waals surface area contributed by atoms with Gasteiger partial charge in [-0.3, -0.25) is 9.69 Å². The second-order valence-corrected chi connectivity index (χ2v) is 8.35. The molecule has 0 aliphatic carbocycles. The van der Waals surface area contributed by atoms with Crippen LogP contribution in [0.3, 0.4) is 0 Å². The monoisotopic (exact) mass is 378 g/mol. The van der Waals surface area contributed by atoms with Crippen LogP contribution in [0.15, 0.2) is 48.5 Å². The van der Waals surface area contributed by atoms with Crippen LogP contribution < -0.4 is 4.90 Å². The molecule has 1 amide bonds. The highest BCUT2D eigenvalue weighted by Crippen LogP contribution is 2.33. The van der Waals surface area contributed by atoms with Gasteiger partial charge in [-0.1, -0.05) is 42.0 Å². The third-order valence-corrected chi connectivity index (χ3v) is 6.20. The van der Waals surface area contributed by atoms with Crippen molar-refractivity contribution < 1.29 is 9.53 Å². The van der Waals surface area contributed by atoms with Crippen molar-refractivity contribution in [3.05, 3.63) is 65.2 Å². The van der Waals surface area contributed by atoms with E-state index in [1.54, 1.807) is 0 Å². The van der Waals surface area contributed by atoms with Gasteiger partial charge in [0.05, 0.1) is 12.1 Å². The number of aryl methyl sites for hydroxylation is 2. The molecule has 0 saturated carbocycles. The summed E-state index contributed by atoms with van der Waals surface area (Å²) in [4.78, 5) is 16.9. The van der Waals surface area contributed by atoms with E-state index in [9.17, 15) is 4.79 Å². The second kappa shape index (κ2) is 8.06. The van der Waals surface area contributed by atoms with E-state index >= 15 is 0 Å². The Morgan fingerprint density at radius 1 is 1.04 bits per heavy atom. The summed E-state index contributed by atoms with van der Waals surface area (Å²) in [6, 6.07) is 16.7. The van der Waals surface area contributed by atoms with Crippen LogP contribution in [-0.4, -0.2) is 42.6 Å².